The van der Waals surface area contributed by atoms with Crippen molar-refractivity contribution in [3.8, 4) is 36.4 Å². The molecule has 0 unspecified atom stereocenters. The molecule has 6 heteroatoms. The first-order chi connectivity index (χ1) is 8.57. The van der Waals surface area contributed by atoms with Crippen LogP contribution in [0.15, 0.2) is 0 Å². The lowest BCUT2D eigenvalue weighted by Crippen LogP contribution is -2.53. The standard InChI is InChI=1S/C12H6N6/c13-4-10(5-14)2-1-3-11(6-15,7-16)12(10,8-17)9-18/h1-3H2. The summed E-state index contributed by atoms with van der Waals surface area (Å²) in [4.78, 5) is 0. The van der Waals surface area contributed by atoms with Gasteiger partial charge in [0.2, 0.25) is 5.41 Å². The van der Waals surface area contributed by atoms with Gasteiger partial charge in [0.15, 0.2) is 10.8 Å². The number of nitrogens with zero attached hydrogens (tertiary/aromatic N) is 6. The molecule has 1 aliphatic carbocycles. The molecule has 1 rings (SSSR count). The molecule has 0 bridgehead atoms. The summed E-state index contributed by atoms with van der Waals surface area (Å²) in [6.45, 7) is 0. The zero-order valence-electron chi connectivity index (χ0n) is 9.30. The van der Waals surface area contributed by atoms with Gasteiger partial charge in [0.05, 0.1) is 36.4 Å². The van der Waals surface area contributed by atoms with E-state index in [2.05, 4.69) is 0 Å². The highest BCUT2D eigenvalue weighted by Crippen LogP contribution is 2.58. The zero-order valence-corrected chi connectivity index (χ0v) is 9.30. The number of hydrogen-bond acceptors (Lipinski definition) is 6. The molecule has 0 atom stereocenters. The van der Waals surface area contributed by atoms with E-state index in [9.17, 15) is 10.5 Å². The van der Waals surface area contributed by atoms with Gasteiger partial charge in [-0.3, -0.25) is 0 Å². The van der Waals surface area contributed by atoms with Gasteiger partial charge in [-0.25, -0.2) is 0 Å². The monoisotopic (exact) mass is 234 g/mol. The van der Waals surface area contributed by atoms with Crippen LogP contribution in [0.4, 0.5) is 0 Å². The molecule has 0 aromatic rings. The Morgan fingerprint density at radius 1 is 0.556 bits per heavy atom. The largest absolute Gasteiger partial charge is 0.206 e. The Kier molecular flexibility index (Phi) is 2.94. The predicted molar refractivity (Wildman–Crippen MR) is 54.8 cm³/mol. The molecule has 0 spiro atoms. The second-order valence-electron chi connectivity index (χ2n) is 4.09. The molecule has 1 fully saturated rings. The van der Waals surface area contributed by atoms with Crippen LogP contribution in [0.5, 0.6) is 0 Å². The van der Waals surface area contributed by atoms with E-state index in [-0.39, 0.29) is 19.3 Å². The highest BCUT2D eigenvalue weighted by atomic mass is 14.7. The lowest BCUT2D eigenvalue weighted by atomic mass is 9.47. The first kappa shape index (κ1) is 13.0. The Morgan fingerprint density at radius 3 is 1.11 bits per heavy atom. The summed E-state index contributed by atoms with van der Waals surface area (Å²) in [6, 6.07) is 9.90. The Bertz CT molecular complexity index is 534. The highest BCUT2D eigenvalue weighted by Gasteiger charge is 2.69. The van der Waals surface area contributed by atoms with Gasteiger partial charge in [0.25, 0.3) is 0 Å². The predicted octanol–water partition coefficient (Wildman–Crippen LogP) is 1.27. The van der Waals surface area contributed by atoms with Gasteiger partial charge in [-0.05, 0) is 19.3 Å². The van der Waals surface area contributed by atoms with Crippen molar-refractivity contribution in [2.45, 2.75) is 19.3 Å². The Hall–Kier alpha value is -3.06. The van der Waals surface area contributed by atoms with Gasteiger partial charge >= 0.3 is 0 Å². The van der Waals surface area contributed by atoms with Crippen molar-refractivity contribution in [2.24, 2.45) is 16.2 Å². The van der Waals surface area contributed by atoms with Crippen molar-refractivity contribution in [1.82, 2.24) is 0 Å². The maximum atomic E-state index is 9.26. The van der Waals surface area contributed by atoms with Crippen molar-refractivity contribution < 1.29 is 0 Å². The van der Waals surface area contributed by atoms with Gasteiger partial charge < -0.3 is 0 Å². The Morgan fingerprint density at radius 2 is 0.889 bits per heavy atom. The summed E-state index contributed by atoms with van der Waals surface area (Å²) in [5, 5.41) is 55.2. The molecule has 0 aromatic carbocycles. The maximum Gasteiger partial charge on any atom is 0.206 e. The molecule has 0 heterocycles. The van der Waals surface area contributed by atoms with E-state index < -0.39 is 16.2 Å². The molecule has 0 saturated heterocycles. The van der Waals surface area contributed by atoms with E-state index in [1.807, 2.05) is 0 Å². The minimum atomic E-state index is -2.24. The molecule has 1 aliphatic rings. The normalized spacial score (nSPS) is 21.7. The fourth-order valence-electron chi connectivity index (χ4n) is 2.37. The molecule has 1 saturated carbocycles. The summed E-state index contributed by atoms with van der Waals surface area (Å²) in [6.07, 6.45) is 0.284. The van der Waals surface area contributed by atoms with E-state index in [1.54, 1.807) is 36.4 Å². The molecular formula is C12H6N6. The minimum Gasteiger partial charge on any atom is -0.196 e. The summed E-state index contributed by atoms with van der Waals surface area (Å²) in [5.41, 5.74) is -6.13. The number of nitriles is 6. The van der Waals surface area contributed by atoms with Crippen LogP contribution in [0, 0.1) is 84.2 Å². The minimum absolute atomic E-state index is 0.00618. The third kappa shape index (κ3) is 1.10. The smallest absolute Gasteiger partial charge is 0.196 e. The summed E-state index contributed by atoms with van der Waals surface area (Å²) in [7, 11) is 0. The maximum absolute atomic E-state index is 9.26. The zero-order chi connectivity index (χ0) is 13.9. The lowest BCUT2D eigenvalue weighted by Gasteiger charge is -2.42. The third-order valence-corrected chi connectivity index (χ3v) is 3.48. The van der Waals surface area contributed by atoms with E-state index in [0.29, 0.717) is 0 Å². The van der Waals surface area contributed by atoms with Crippen LogP contribution >= 0.6 is 0 Å². The SMILES string of the molecule is N#CC1(C#N)CCCC(C#N)(C#N)C1(C#N)C#N. The topological polar surface area (TPSA) is 143 Å². The van der Waals surface area contributed by atoms with Crippen molar-refractivity contribution in [1.29, 1.82) is 31.6 Å². The summed E-state index contributed by atoms with van der Waals surface area (Å²) < 4.78 is 0. The Balaban J connectivity index is 3.79. The molecule has 0 aliphatic heterocycles. The fourth-order valence-corrected chi connectivity index (χ4v) is 2.37. The van der Waals surface area contributed by atoms with Gasteiger partial charge in [0, 0.05) is 0 Å². The quantitative estimate of drug-likeness (QED) is 0.617. The molecule has 0 aromatic heterocycles. The van der Waals surface area contributed by atoms with Crippen molar-refractivity contribution >= 4 is 0 Å². The second-order valence-corrected chi connectivity index (χ2v) is 4.09. The average molecular weight is 234 g/mol. The van der Waals surface area contributed by atoms with Crippen LogP contribution < -0.4 is 0 Å². The first-order valence-corrected chi connectivity index (χ1v) is 5.05. The van der Waals surface area contributed by atoms with Crippen LogP contribution in [0.25, 0.3) is 0 Å². The molecule has 0 amide bonds. The first-order valence-electron chi connectivity index (χ1n) is 5.05. The van der Waals surface area contributed by atoms with Crippen LogP contribution in [0.1, 0.15) is 19.3 Å². The molecule has 84 valence electrons. The van der Waals surface area contributed by atoms with Gasteiger partial charge in [-0.2, -0.15) is 31.6 Å². The van der Waals surface area contributed by atoms with Gasteiger partial charge in [-0.1, -0.05) is 0 Å². The molecule has 0 radical (unpaired) electrons. The van der Waals surface area contributed by atoms with Crippen molar-refractivity contribution in [2.75, 3.05) is 0 Å². The van der Waals surface area contributed by atoms with Gasteiger partial charge in [-0.15, -0.1) is 0 Å². The van der Waals surface area contributed by atoms with E-state index in [1.165, 1.54) is 0 Å². The van der Waals surface area contributed by atoms with Crippen molar-refractivity contribution in [3.63, 3.8) is 0 Å². The van der Waals surface area contributed by atoms with Crippen LogP contribution in [-0.2, 0) is 0 Å². The Labute approximate surface area is 104 Å². The van der Waals surface area contributed by atoms with Crippen LogP contribution in [-0.4, -0.2) is 0 Å². The van der Waals surface area contributed by atoms with Crippen LogP contribution in [0.3, 0.4) is 0 Å². The third-order valence-electron chi connectivity index (χ3n) is 3.48. The lowest BCUT2D eigenvalue weighted by molar-refractivity contribution is 0.106. The summed E-state index contributed by atoms with van der Waals surface area (Å²) >= 11 is 0. The fraction of sp³-hybridized carbons (Fsp3) is 0.500. The number of hydrogen-bond donors (Lipinski definition) is 0. The molecule has 18 heavy (non-hydrogen) atoms. The molecule has 6 nitrogen and oxygen atoms in total. The van der Waals surface area contributed by atoms with E-state index in [4.69, 9.17) is 21.0 Å². The molecule has 0 N–H and O–H groups in total. The van der Waals surface area contributed by atoms with Crippen molar-refractivity contribution in [3.05, 3.63) is 0 Å². The van der Waals surface area contributed by atoms with Gasteiger partial charge in [0.1, 0.15) is 0 Å². The average Bonchev–Trinajstić information content (AvgIpc) is 2.45. The number of rotatable bonds is 0. The second kappa shape index (κ2) is 4.07. The van der Waals surface area contributed by atoms with E-state index in [0.717, 1.165) is 0 Å². The summed E-state index contributed by atoms with van der Waals surface area (Å²) in [5.74, 6) is 0. The molecular weight excluding hydrogens is 228 g/mol. The van der Waals surface area contributed by atoms with E-state index >= 15 is 0 Å². The van der Waals surface area contributed by atoms with Crippen LogP contribution in [0.2, 0.25) is 0 Å². The highest BCUT2D eigenvalue weighted by molar-refractivity contribution is 5.46.